The molecule has 0 unspecified atom stereocenters. The molecule has 23 heavy (non-hydrogen) atoms. The monoisotopic (exact) mass is 300 g/mol. The van der Waals surface area contributed by atoms with Crippen LogP contribution in [-0.2, 0) is 0 Å². The van der Waals surface area contributed by atoms with Gasteiger partial charge in [0.05, 0.1) is 12.8 Å². The third-order valence-corrected chi connectivity index (χ3v) is 4.01. The van der Waals surface area contributed by atoms with E-state index in [9.17, 15) is 0 Å². The molecule has 0 bridgehead atoms. The third-order valence-electron chi connectivity index (χ3n) is 4.01. The van der Waals surface area contributed by atoms with Crippen LogP contribution in [0.2, 0.25) is 0 Å². The molecule has 1 N–H and O–H groups in total. The Morgan fingerprint density at radius 3 is 2.65 bits per heavy atom. The Bertz CT molecular complexity index is 958. The van der Waals surface area contributed by atoms with Crippen molar-refractivity contribution in [2.24, 2.45) is 0 Å². The molecule has 3 nitrogen and oxygen atoms in total. The fourth-order valence-corrected chi connectivity index (χ4v) is 2.89. The average Bonchev–Trinajstić information content (AvgIpc) is 3.10. The van der Waals surface area contributed by atoms with Crippen molar-refractivity contribution in [1.82, 2.24) is 9.97 Å². The summed E-state index contributed by atoms with van der Waals surface area (Å²) in [6, 6.07) is 20.5. The zero-order valence-electron chi connectivity index (χ0n) is 12.8. The van der Waals surface area contributed by atoms with Crippen LogP contribution in [0.15, 0.2) is 73.1 Å². The topological polar surface area (TPSA) is 37.9 Å². The lowest BCUT2D eigenvalue weighted by Crippen LogP contribution is -1.89. The van der Waals surface area contributed by atoms with E-state index in [0.717, 1.165) is 28.1 Å². The Labute approximate surface area is 134 Å². The van der Waals surface area contributed by atoms with Crippen molar-refractivity contribution in [3.63, 3.8) is 0 Å². The number of methoxy groups -OCH3 is 1. The molecule has 0 saturated heterocycles. The van der Waals surface area contributed by atoms with E-state index < -0.39 is 0 Å². The molecule has 2 heterocycles. The highest BCUT2D eigenvalue weighted by Gasteiger charge is 2.09. The van der Waals surface area contributed by atoms with E-state index in [2.05, 4.69) is 46.4 Å². The quantitative estimate of drug-likeness (QED) is 0.584. The first kappa shape index (κ1) is 13.6. The summed E-state index contributed by atoms with van der Waals surface area (Å²) in [5.74, 6) is 0.829. The van der Waals surface area contributed by atoms with Gasteiger partial charge in [0.1, 0.15) is 5.75 Å². The van der Waals surface area contributed by atoms with E-state index in [-0.39, 0.29) is 0 Å². The van der Waals surface area contributed by atoms with Gasteiger partial charge in [-0.15, -0.1) is 0 Å². The average molecular weight is 300 g/mol. The molecule has 0 radical (unpaired) electrons. The minimum absolute atomic E-state index is 0.829. The van der Waals surface area contributed by atoms with Gasteiger partial charge < -0.3 is 9.72 Å². The second-order valence-electron chi connectivity index (χ2n) is 5.41. The van der Waals surface area contributed by atoms with Crippen LogP contribution in [0.3, 0.4) is 0 Å². The van der Waals surface area contributed by atoms with E-state index in [4.69, 9.17) is 4.74 Å². The molecule has 2 aromatic carbocycles. The zero-order valence-corrected chi connectivity index (χ0v) is 12.8. The summed E-state index contributed by atoms with van der Waals surface area (Å²) >= 11 is 0. The first-order valence-electron chi connectivity index (χ1n) is 7.52. The Morgan fingerprint density at radius 2 is 1.83 bits per heavy atom. The Hall–Kier alpha value is -3.07. The normalized spacial score (nSPS) is 10.8. The van der Waals surface area contributed by atoms with Gasteiger partial charge in [-0.2, -0.15) is 0 Å². The number of benzene rings is 2. The third kappa shape index (κ3) is 2.46. The first-order chi connectivity index (χ1) is 11.3. The maximum absolute atomic E-state index is 5.50. The number of ether oxygens (including phenoxy) is 1. The fourth-order valence-electron chi connectivity index (χ4n) is 2.89. The van der Waals surface area contributed by atoms with Gasteiger partial charge in [0.15, 0.2) is 0 Å². The Morgan fingerprint density at radius 1 is 0.913 bits per heavy atom. The van der Waals surface area contributed by atoms with Crippen LogP contribution in [0.25, 0.3) is 33.3 Å². The molecule has 2 aromatic heterocycles. The first-order valence-corrected chi connectivity index (χ1v) is 7.52. The SMILES string of the molecule is COc1cc(-c2ccccn2)cc(-c2cccc3[nH]ccc23)c1. The molecule has 0 aliphatic carbocycles. The number of aromatic nitrogens is 2. The van der Waals surface area contributed by atoms with Crippen molar-refractivity contribution in [3.8, 4) is 28.1 Å². The smallest absolute Gasteiger partial charge is 0.120 e. The van der Waals surface area contributed by atoms with Gasteiger partial charge in [0.2, 0.25) is 0 Å². The molecule has 0 fully saturated rings. The van der Waals surface area contributed by atoms with Crippen molar-refractivity contribution < 1.29 is 4.74 Å². The summed E-state index contributed by atoms with van der Waals surface area (Å²) in [5.41, 5.74) is 5.42. The summed E-state index contributed by atoms with van der Waals surface area (Å²) < 4.78 is 5.50. The molecule has 0 spiro atoms. The van der Waals surface area contributed by atoms with Gasteiger partial charge in [-0.1, -0.05) is 18.2 Å². The minimum Gasteiger partial charge on any atom is -0.497 e. The van der Waals surface area contributed by atoms with Gasteiger partial charge in [-0.3, -0.25) is 4.98 Å². The molecule has 0 amide bonds. The van der Waals surface area contributed by atoms with Crippen LogP contribution in [0.1, 0.15) is 0 Å². The van der Waals surface area contributed by atoms with Gasteiger partial charge in [0, 0.05) is 28.9 Å². The highest BCUT2D eigenvalue weighted by Crippen LogP contribution is 2.34. The predicted molar refractivity (Wildman–Crippen MR) is 93.5 cm³/mol. The van der Waals surface area contributed by atoms with Crippen LogP contribution in [0.4, 0.5) is 0 Å². The van der Waals surface area contributed by atoms with E-state index >= 15 is 0 Å². The number of nitrogens with one attached hydrogen (secondary N) is 1. The van der Waals surface area contributed by atoms with E-state index in [1.54, 1.807) is 13.3 Å². The molecule has 4 aromatic rings. The number of rotatable bonds is 3. The highest BCUT2D eigenvalue weighted by atomic mass is 16.5. The van der Waals surface area contributed by atoms with Crippen molar-refractivity contribution in [2.75, 3.05) is 7.11 Å². The number of aromatic amines is 1. The summed E-state index contributed by atoms with van der Waals surface area (Å²) in [5, 5.41) is 1.20. The van der Waals surface area contributed by atoms with Crippen LogP contribution in [0, 0.1) is 0 Å². The van der Waals surface area contributed by atoms with Crippen molar-refractivity contribution in [2.45, 2.75) is 0 Å². The second-order valence-corrected chi connectivity index (χ2v) is 5.41. The number of nitrogens with zero attached hydrogens (tertiary/aromatic N) is 1. The predicted octanol–water partition coefficient (Wildman–Crippen LogP) is 4.91. The van der Waals surface area contributed by atoms with Crippen molar-refractivity contribution in [1.29, 1.82) is 0 Å². The molecule has 0 atom stereocenters. The maximum Gasteiger partial charge on any atom is 0.120 e. The lowest BCUT2D eigenvalue weighted by atomic mass is 9.98. The summed E-state index contributed by atoms with van der Waals surface area (Å²) in [6.45, 7) is 0. The van der Waals surface area contributed by atoms with Crippen LogP contribution in [0.5, 0.6) is 5.75 Å². The number of hydrogen-bond donors (Lipinski definition) is 1. The second kappa shape index (κ2) is 5.61. The van der Waals surface area contributed by atoms with Gasteiger partial charge in [-0.05, 0) is 53.6 Å². The largest absolute Gasteiger partial charge is 0.497 e. The molecule has 112 valence electrons. The number of H-pyrrole nitrogens is 1. The molecule has 4 rings (SSSR count). The molecular formula is C20H16N2O. The molecule has 3 heteroatoms. The maximum atomic E-state index is 5.50. The standard InChI is InChI=1S/C20H16N2O/c1-23-16-12-14(11-15(13-16)19-6-2-3-9-21-19)17-5-4-7-20-18(17)8-10-22-20/h2-13,22H,1H3. The molecule has 0 saturated carbocycles. The Kier molecular flexibility index (Phi) is 3.31. The number of hydrogen-bond acceptors (Lipinski definition) is 2. The van der Waals surface area contributed by atoms with Crippen LogP contribution in [-0.4, -0.2) is 17.1 Å². The van der Waals surface area contributed by atoms with Crippen molar-refractivity contribution in [3.05, 3.63) is 73.1 Å². The van der Waals surface area contributed by atoms with Gasteiger partial charge in [0.25, 0.3) is 0 Å². The Balaban J connectivity index is 1.94. The van der Waals surface area contributed by atoms with Gasteiger partial charge in [-0.25, -0.2) is 0 Å². The van der Waals surface area contributed by atoms with E-state index in [1.165, 1.54) is 10.9 Å². The van der Waals surface area contributed by atoms with Crippen molar-refractivity contribution >= 4 is 10.9 Å². The van der Waals surface area contributed by atoms with E-state index in [1.807, 2.05) is 30.5 Å². The molecular weight excluding hydrogens is 284 g/mol. The van der Waals surface area contributed by atoms with E-state index in [0.29, 0.717) is 0 Å². The van der Waals surface area contributed by atoms with Crippen LogP contribution >= 0.6 is 0 Å². The fraction of sp³-hybridized carbons (Fsp3) is 0.0500. The van der Waals surface area contributed by atoms with Gasteiger partial charge >= 0.3 is 0 Å². The molecule has 0 aliphatic rings. The minimum atomic E-state index is 0.829. The zero-order chi connectivity index (χ0) is 15.6. The lowest BCUT2D eigenvalue weighted by molar-refractivity contribution is 0.415. The van der Waals surface area contributed by atoms with Crippen LogP contribution < -0.4 is 4.74 Å². The number of fused-ring (bicyclic) bond motifs is 1. The molecule has 0 aliphatic heterocycles. The summed E-state index contributed by atoms with van der Waals surface area (Å²) in [7, 11) is 1.69. The number of pyridine rings is 1. The highest BCUT2D eigenvalue weighted by molar-refractivity contribution is 5.96. The summed E-state index contributed by atoms with van der Waals surface area (Å²) in [4.78, 5) is 7.71. The summed E-state index contributed by atoms with van der Waals surface area (Å²) in [6.07, 6.45) is 3.77. The lowest BCUT2D eigenvalue weighted by Gasteiger charge is -2.10.